The van der Waals surface area contributed by atoms with Crippen LogP contribution in [-0.4, -0.2) is 33.6 Å². The number of pyridine rings is 1. The number of amides is 2. The van der Waals surface area contributed by atoms with Crippen LogP contribution >= 0.6 is 11.3 Å². The topological polar surface area (TPSA) is 80.1 Å². The smallest absolute Gasteiger partial charge is 0.268 e. The third kappa shape index (κ3) is 4.28. The molecule has 3 aromatic heterocycles. The van der Waals surface area contributed by atoms with E-state index in [1.54, 1.807) is 60.5 Å². The summed E-state index contributed by atoms with van der Waals surface area (Å²) in [5.41, 5.74) is 1.79. The SMILES string of the molecule is CN(C(=O)c1cccs1)c1ccccc1C(=O)Nc1ccn(Cc2ccccn2)n1. The van der Waals surface area contributed by atoms with Crippen molar-refractivity contribution in [1.29, 1.82) is 0 Å². The summed E-state index contributed by atoms with van der Waals surface area (Å²) in [6.07, 6.45) is 3.51. The normalized spacial score (nSPS) is 10.6. The standard InChI is InChI=1S/C22H19N5O2S/c1-26(22(29)19-10-6-14-30-19)18-9-3-2-8-17(18)21(28)24-20-11-13-27(25-20)15-16-7-4-5-12-23-16/h2-14H,15H2,1H3,(H,24,25,28). The van der Waals surface area contributed by atoms with Crippen molar-refractivity contribution in [2.75, 3.05) is 17.3 Å². The van der Waals surface area contributed by atoms with Crippen molar-refractivity contribution in [2.24, 2.45) is 0 Å². The fraction of sp³-hybridized carbons (Fsp3) is 0.0909. The van der Waals surface area contributed by atoms with Crippen LogP contribution in [0.15, 0.2) is 78.4 Å². The van der Waals surface area contributed by atoms with Crippen LogP contribution in [0.25, 0.3) is 0 Å². The maximum Gasteiger partial charge on any atom is 0.268 e. The van der Waals surface area contributed by atoms with Gasteiger partial charge in [0.1, 0.15) is 0 Å². The number of hydrogen-bond acceptors (Lipinski definition) is 5. The maximum atomic E-state index is 12.9. The molecule has 7 nitrogen and oxygen atoms in total. The lowest BCUT2D eigenvalue weighted by Gasteiger charge is -2.19. The van der Waals surface area contributed by atoms with Gasteiger partial charge in [-0.1, -0.05) is 24.3 Å². The van der Waals surface area contributed by atoms with Crippen LogP contribution < -0.4 is 10.2 Å². The molecule has 1 aromatic carbocycles. The summed E-state index contributed by atoms with van der Waals surface area (Å²) in [7, 11) is 1.66. The highest BCUT2D eigenvalue weighted by atomic mass is 32.1. The van der Waals surface area contributed by atoms with Crippen molar-refractivity contribution in [2.45, 2.75) is 6.54 Å². The largest absolute Gasteiger partial charge is 0.310 e. The number of para-hydroxylation sites is 1. The van der Waals surface area contributed by atoms with Gasteiger partial charge in [-0.25, -0.2) is 0 Å². The molecule has 4 rings (SSSR count). The minimum absolute atomic E-state index is 0.162. The Labute approximate surface area is 177 Å². The van der Waals surface area contributed by atoms with Gasteiger partial charge in [0, 0.05) is 25.5 Å². The molecule has 30 heavy (non-hydrogen) atoms. The van der Waals surface area contributed by atoms with E-state index in [1.807, 2.05) is 29.6 Å². The van der Waals surface area contributed by atoms with Crippen LogP contribution in [0.1, 0.15) is 25.7 Å². The zero-order valence-corrected chi connectivity index (χ0v) is 17.0. The summed E-state index contributed by atoms with van der Waals surface area (Å²) in [6, 6.07) is 18.0. The van der Waals surface area contributed by atoms with Gasteiger partial charge in [-0.3, -0.25) is 19.3 Å². The molecule has 0 aliphatic rings. The van der Waals surface area contributed by atoms with Gasteiger partial charge in [0.05, 0.1) is 28.4 Å². The molecule has 0 atom stereocenters. The third-order valence-electron chi connectivity index (χ3n) is 4.48. The lowest BCUT2D eigenvalue weighted by atomic mass is 10.1. The van der Waals surface area contributed by atoms with Crippen molar-refractivity contribution < 1.29 is 9.59 Å². The first kappa shape index (κ1) is 19.5. The summed E-state index contributed by atoms with van der Waals surface area (Å²) in [6.45, 7) is 0.505. The van der Waals surface area contributed by atoms with E-state index in [1.165, 1.54) is 16.2 Å². The second kappa shape index (κ2) is 8.71. The van der Waals surface area contributed by atoms with Gasteiger partial charge in [0.2, 0.25) is 0 Å². The predicted octanol–water partition coefficient (Wildman–Crippen LogP) is 3.92. The molecule has 150 valence electrons. The Morgan fingerprint density at radius 3 is 2.67 bits per heavy atom. The van der Waals surface area contributed by atoms with E-state index in [0.717, 1.165) is 5.69 Å². The molecule has 0 saturated carbocycles. The fourth-order valence-electron chi connectivity index (χ4n) is 2.99. The van der Waals surface area contributed by atoms with Gasteiger partial charge >= 0.3 is 0 Å². The summed E-state index contributed by atoms with van der Waals surface area (Å²) in [5, 5.41) is 9.04. The van der Waals surface area contributed by atoms with Crippen LogP contribution in [0.5, 0.6) is 0 Å². The highest BCUT2D eigenvalue weighted by Crippen LogP contribution is 2.23. The summed E-state index contributed by atoms with van der Waals surface area (Å²) < 4.78 is 1.70. The number of thiophene rings is 1. The van der Waals surface area contributed by atoms with Crippen molar-refractivity contribution >= 4 is 34.7 Å². The van der Waals surface area contributed by atoms with E-state index in [4.69, 9.17) is 0 Å². The van der Waals surface area contributed by atoms with E-state index < -0.39 is 0 Å². The van der Waals surface area contributed by atoms with Gasteiger partial charge in [-0.2, -0.15) is 5.10 Å². The second-order valence-electron chi connectivity index (χ2n) is 6.53. The van der Waals surface area contributed by atoms with Crippen LogP contribution in [0.2, 0.25) is 0 Å². The lowest BCUT2D eigenvalue weighted by Crippen LogP contribution is -2.28. The first-order chi connectivity index (χ1) is 14.6. The minimum Gasteiger partial charge on any atom is -0.310 e. The van der Waals surface area contributed by atoms with Crippen molar-refractivity contribution in [3.05, 3.63) is 94.6 Å². The number of nitrogens with zero attached hydrogens (tertiary/aromatic N) is 4. The Morgan fingerprint density at radius 1 is 1.07 bits per heavy atom. The van der Waals surface area contributed by atoms with Gasteiger partial charge in [0.25, 0.3) is 11.8 Å². The molecule has 8 heteroatoms. The molecule has 1 N–H and O–H groups in total. The highest BCUT2D eigenvalue weighted by Gasteiger charge is 2.20. The third-order valence-corrected chi connectivity index (χ3v) is 5.34. The van der Waals surface area contributed by atoms with Crippen LogP contribution in [0.3, 0.4) is 0 Å². The van der Waals surface area contributed by atoms with E-state index in [9.17, 15) is 9.59 Å². The number of nitrogens with one attached hydrogen (secondary N) is 1. The summed E-state index contributed by atoms with van der Waals surface area (Å²) >= 11 is 1.36. The lowest BCUT2D eigenvalue weighted by molar-refractivity contribution is 0.0996. The Balaban J connectivity index is 1.50. The van der Waals surface area contributed by atoms with Crippen molar-refractivity contribution in [3.8, 4) is 0 Å². The maximum absolute atomic E-state index is 12.9. The fourth-order valence-corrected chi connectivity index (χ4v) is 3.69. The molecular formula is C22H19N5O2S. The number of hydrogen-bond donors (Lipinski definition) is 1. The minimum atomic E-state index is -0.334. The summed E-state index contributed by atoms with van der Waals surface area (Å²) in [5.74, 6) is -0.0672. The average molecular weight is 417 g/mol. The van der Waals surface area contributed by atoms with Crippen LogP contribution in [-0.2, 0) is 6.54 Å². The van der Waals surface area contributed by atoms with Crippen molar-refractivity contribution in [3.63, 3.8) is 0 Å². The molecule has 0 spiro atoms. The molecule has 0 radical (unpaired) electrons. The van der Waals surface area contributed by atoms with E-state index in [-0.39, 0.29) is 11.8 Å². The molecule has 0 aliphatic heterocycles. The Morgan fingerprint density at radius 2 is 1.90 bits per heavy atom. The number of carbonyl (C=O) groups excluding carboxylic acids is 2. The summed E-state index contributed by atoms with van der Waals surface area (Å²) in [4.78, 5) is 32.0. The first-order valence-electron chi connectivity index (χ1n) is 9.27. The molecule has 3 heterocycles. The average Bonchev–Trinajstić information content (AvgIpc) is 3.46. The predicted molar refractivity (Wildman–Crippen MR) is 117 cm³/mol. The van der Waals surface area contributed by atoms with Gasteiger partial charge in [0.15, 0.2) is 5.82 Å². The molecule has 0 fully saturated rings. The molecule has 2 amide bonds. The first-order valence-corrected chi connectivity index (χ1v) is 10.1. The number of benzene rings is 1. The van der Waals surface area contributed by atoms with Crippen molar-refractivity contribution in [1.82, 2.24) is 14.8 Å². The van der Waals surface area contributed by atoms with Gasteiger partial charge in [-0.15, -0.1) is 11.3 Å². The Bertz CT molecular complexity index is 1160. The number of carbonyl (C=O) groups is 2. The quantitative estimate of drug-likeness (QED) is 0.516. The molecule has 0 bridgehead atoms. The van der Waals surface area contributed by atoms with Gasteiger partial charge in [-0.05, 0) is 35.7 Å². The van der Waals surface area contributed by atoms with E-state index in [0.29, 0.717) is 28.5 Å². The molecular weight excluding hydrogens is 398 g/mol. The number of anilines is 2. The Kier molecular flexibility index (Phi) is 5.67. The second-order valence-corrected chi connectivity index (χ2v) is 7.48. The van der Waals surface area contributed by atoms with E-state index in [2.05, 4.69) is 15.4 Å². The molecule has 4 aromatic rings. The van der Waals surface area contributed by atoms with Gasteiger partial charge < -0.3 is 10.2 Å². The van der Waals surface area contributed by atoms with Crippen LogP contribution in [0, 0.1) is 0 Å². The molecule has 0 saturated heterocycles. The van der Waals surface area contributed by atoms with E-state index >= 15 is 0 Å². The molecule has 0 aliphatic carbocycles. The highest BCUT2D eigenvalue weighted by molar-refractivity contribution is 7.12. The number of rotatable bonds is 6. The monoisotopic (exact) mass is 417 g/mol. The van der Waals surface area contributed by atoms with Crippen LogP contribution in [0.4, 0.5) is 11.5 Å². The zero-order valence-electron chi connectivity index (χ0n) is 16.2. The number of aromatic nitrogens is 3. The molecule has 0 unspecified atom stereocenters. The Hall–Kier alpha value is -3.78. The zero-order chi connectivity index (χ0) is 20.9.